The summed E-state index contributed by atoms with van der Waals surface area (Å²) >= 11 is 4.60. The Morgan fingerprint density at radius 1 is 0.805 bits per heavy atom. The van der Waals surface area contributed by atoms with Gasteiger partial charge in [0.15, 0.2) is 34.8 Å². The van der Waals surface area contributed by atoms with Gasteiger partial charge in [-0.15, -0.1) is 0 Å². The Kier molecular flexibility index (Phi) is 9.69. The molecule has 3 aromatic rings. The normalized spacial score (nSPS) is 14.8. The van der Waals surface area contributed by atoms with Crippen LogP contribution < -0.4 is 14.2 Å². The van der Waals surface area contributed by atoms with Crippen LogP contribution in [0.3, 0.4) is 0 Å². The van der Waals surface area contributed by atoms with Gasteiger partial charge in [-0.1, -0.05) is 19.1 Å². The molecule has 0 bridgehead atoms. The van der Waals surface area contributed by atoms with E-state index in [1.165, 1.54) is 0 Å². The molecule has 0 aliphatic carbocycles. The predicted molar refractivity (Wildman–Crippen MR) is 146 cm³/mol. The van der Waals surface area contributed by atoms with Crippen molar-refractivity contribution in [1.29, 1.82) is 0 Å². The standard InChI is InChI=1S/C30H31F6NO3S/c1-4-13-40-19-7-5-17(6-8-19)16-37-11-9-18(10-12-37)30(41,20-14-22(31)28(38-2)26(35)24(20)33)21-15-23(32)29(39-3)27(36)25(21)34/h5-8,14-15,18,41H,4,9-13,16H2,1-3H3. The van der Waals surface area contributed by atoms with Gasteiger partial charge in [0.1, 0.15) is 5.75 Å². The number of methoxy groups -OCH3 is 2. The summed E-state index contributed by atoms with van der Waals surface area (Å²) in [6.45, 7) is 4.05. The summed E-state index contributed by atoms with van der Waals surface area (Å²) in [4.78, 5) is 2.10. The van der Waals surface area contributed by atoms with E-state index < -0.39 is 68.2 Å². The molecular formula is C30H31F6NO3S. The van der Waals surface area contributed by atoms with Gasteiger partial charge in [0.2, 0.25) is 11.6 Å². The van der Waals surface area contributed by atoms with E-state index in [-0.39, 0.29) is 12.8 Å². The van der Waals surface area contributed by atoms with Gasteiger partial charge in [-0.2, -0.15) is 21.4 Å². The predicted octanol–water partition coefficient (Wildman–Crippen LogP) is 7.41. The van der Waals surface area contributed by atoms with Crippen molar-refractivity contribution in [2.24, 2.45) is 5.92 Å². The molecule has 1 saturated heterocycles. The van der Waals surface area contributed by atoms with Gasteiger partial charge in [-0.05, 0) is 68.1 Å². The number of piperidine rings is 1. The van der Waals surface area contributed by atoms with Crippen LogP contribution in [0.4, 0.5) is 26.3 Å². The topological polar surface area (TPSA) is 30.9 Å². The number of nitrogens with zero attached hydrogens (tertiary/aromatic N) is 1. The van der Waals surface area contributed by atoms with E-state index in [1.807, 2.05) is 31.2 Å². The van der Waals surface area contributed by atoms with Crippen LogP contribution in [0.25, 0.3) is 0 Å². The summed E-state index contributed by atoms with van der Waals surface area (Å²) in [6, 6.07) is 8.91. The lowest BCUT2D eigenvalue weighted by Gasteiger charge is -2.43. The summed E-state index contributed by atoms with van der Waals surface area (Å²) in [5.74, 6) is -10.9. The maximum Gasteiger partial charge on any atom is 0.204 e. The van der Waals surface area contributed by atoms with Crippen LogP contribution in [-0.2, 0) is 11.3 Å². The van der Waals surface area contributed by atoms with E-state index >= 15 is 8.78 Å². The van der Waals surface area contributed by atoms with E-state index in [9.17, 15) is 17.6 Å². The Hall–Kier alpha value is -3.05. The second-order valence-electron chi connectivity index (χ2n) is 9.94. The second-order valence-corrected chi connectivity index (χ2v) is 10.6. The van der Waals surface area contributed by atoms with Crippen molar-refractivity contribution in [1.82, 2.24) is 4.90 Å². The van der Waals surface area contributed by atoms with Crippen molar-refractivity contribution < 1.29 is 40.6 Å². The first-order valence-corrected chi connectivity index (χ1v) is 13.6. The molecule has 4 rings (SSSR count). The average molecular weight is 600 g/mol. The molecule has 222 valence electrons. The third-order valence-corrected chi connectivity index (χ3v) is 8.29. The first-order valence-electron chi connectivity index (χ1n) is 13.2. The van der Waals surface area contributed by atoms with E-state index in [0.29, 0.717) is 38.4 Å². The van der Waals surface area contributed by atoms with Gasteiger partial charge in [0.05, 0.1) is 25.6 Å². The monoisotopic (exact) mass is 599 g/mol. The van der Waals surface area contributed by atoms with Crippen molar-refractivity contribution in [2.45, 2.75) is 37.5 Å². The summed E-state index contributed by atoms with van der Waals surface area (Å²) < 4.78 is 103. The molecule has 41 heavy (non-hydrogen) atoms. The smallest absolute Gasteiger partial charge is 0.204 e. The third-order valence-electron chi connectivity index (χ3n) is 7.44. The number of rotatable bonds is 10. The molecule has 0 radical (unpaired) electrons. The lowest BCUT2D eigenvalue weighted by molar-refractivity contribution is 0.159. The lowest BCUT2D eigenvalue weighted by Crippen LogP contribution is -2.42. The fraction of sp³-hybridized carbons (Fsp3) is 0.400. The molecule has 0 saturated carbocycles. The van der Waals surface area contributed by atoms with Crippen LogP contribution in [-0.4, -0.2) is 38.8 Å². The number of benzene rings is 3. The van der Waals surface area contributed by atoms with Gasteiger partial charge < -0.3 is 14.2 Å². The number of halogens is 6. The SMILES string of the molecule is CCCOc1ccc(CN2CCC(C(S)(c3cc(F)c(OC)c(F)c3F)c3cc(F)c(OC)c(F)c3F)CC2)cc1. The number of likely N-dealkylation sites (tertiary alicyclic amines) is 1. The third kappa shape index (κ3) is 5.97. The summed E-state index contributed by atoms with van der Waals surface area (Å²) in [6.07, 6.45) is 1.40. The highest BCUT2D eigenvalue weighted by molar-refractivity contribution is 7.81. The Bertz CT molecular complexity index is 1310. The van der Waals surface area contributed by atoms with Crippen LogP contribution >= 0.6 is 12.6 Å². The molecular weight excluding hydrogens is 568 g/mol. The van der Waals surface area contributed by atoms with Gasteiger partial charge in [0, 0.05) is 17.7 Å². The van der Waals surface area contributed by atoms with Crippen LogP contribution in [0, 0.1) is 40.8 Å². The molecule has 0 aromatic heterocycles. The van der Waals surface area contributed by atoms with Crippen molar-refractivity contribution in [3.05, 3.63) is 88.0 Å². The highest BCUT2D eigenvalue weighted by atomic mass is 32.1. The fourth-order valence-electron chi connectivity index (χ4n) is 5.35. The minimum Gasteiger partial charge on any atom is -0.494 e. The zero-order valence-electron chi connectivity index (χ0n) is 22.9. The average Bonchev–Trinajstić information content (AvgIpc) is 2.97. The zero-order chi connectivity index (χ0) is 29.9. The van der Waals surface area contributed by atoms with Crippen molar-refractivity contribution >= 4 is 12.6 Å². The number of ether oxygens (including phenoxy) is 3. The maximum atomic E-state index is 15.5. The Labute approximate surface area is 240 Å². The zero-order valence-corrected chi connectivity index (χ0v) is 23.8. The van der Waals surface area contributed by atoms with Crippen LogP contribution in [0.15, 0.2) is 36.4 Å². The minimum absolute atomic E-state index is 0.255. The van der Waals surface area contributed by atoms with Crippen LogP contribution in [0.1, 0.15) is 42.9 Å². The quantitative estimate of drug-likeness (QED) is 0.149. The summed E-state index contributed by atoms with van der Waals surface area (Å²) in [5.41, 5.74) is -0.374. The number of hydrogen-bond acceptors (Lipinski definition) is 5. The molecule has 0 unspecified atom stereocenters. The molecule has 1 heterocycles. The molecule has 0 spiro atoms. The van der Waals surface area contributed by atoms with Crippen molar-refractivity contribution in [2.75, 3.05) is 33.9 Å². The molecule has 3 aromatic carbocycles. The van der Waals surface area contributed by atoms with E-state index in [4.69, 9.17) is 4.74 Å². The molecule has 1 aliphatic heterocycles. The summed E-state index contributed by atoms with van der Waals surface area (Å²) in [7, 11) is 1.92. The summed E-state index contributed by atoms with van der Waals surface area (Å²) in [5, 5.41) is 0. The molecule has 11 heteroatoms. The first kappa shape index (κ1) is 30.9. The van der Waals surface area contributed by atoms with Crippen molar-refractivity contribution in [3.8, 4) is 17.2 Å². The Balaban J connectivity index is 1.69. The van der Waals surface area contributed by atoms with Gasteiger partial charge in [-0.3, -0.25) is 4.90 Å². The van der Waals surface area contributed by atoms with Gasteiger partial charge in [-0.25, -0.2) is 17.6 Å². The van der Waals surface area contributed by atoms with E-state index in [0.717, 1.165) is 32.0 Å². The Morgan fingerprint density at radius 3 is 1.73 bits per heavy atom. The van der Waals surface area contributed by atoms with Crippen molar-refractivity contribution in [3.63, 3.8) is 0 Å². The number of thiol groups is 1. The minimum atomic E-state index is -2.15. The molecule has 0 N–H and O–H groups in total. The maximum absolute atomic E-state index is 15.5. The van der Waals surface area contributed by atoms with Gasteiger partial charge in [0.25, 0.3) is 0 Å². The molecule has 1 aliphatic rings. The van der Waals surface area contributed by atoms with Gasteiger partial charge >= 0.3 is 0 Å². The second kappa shape index (κ2) is 12.9. The highest BCUT2D eigenvalue weighted by Gasteiger charge is 2.46. The lowest BCUT2D eigenvalue weighted by atomic mass is 9.74. The highest BCUT2D eigenvalue weighted by Crippen LogP contribution is 2.51. The fourth-order valence-corrected chi connectivity index (χ4v) is 5.93. The molecule has 1 fully saturated rings. The van der Waals surface area contributed by atoms with Crippen LogP contribution in [0.2, 0.25) is 0 Å². The molecule has 0 atom stereocenters. The van der Waals surface area contributed by atoms with E-state index in [1.54, 1.807) is 0 Å². The Morgan fingerprint density at radius 2 is 1.29 bits per heavy atom. The largest absolute Gasteiger partial charge is 0.494 e. The van der Waals surface area contributed by atoms with E-state index in [2.05, 4.69) is 27.0 Å². The first-order chi connectivity index (χ1) is 19.6. The molecule has 0 amide bonds. The van der Waals surface area contributed by atoms with Crippen LogP contribution in [0.5, 0.6) is 17.2 Å². The number of hydrogen-bond donors (Lipinski definition) is 1. The molecule has 4 nitrogen and oxygen atoms in total.